The zero-order chi connectivity index (χ0) is 16.8. The van der Waals surface area contributed by atoms with Gasteiger partial charge in [-0.1, -0.05) is 30.3 Å². The Kier molecular flexibility index (Phi) is 5.93. The highest BCUT2D eigenvalue weighted by Gasteiger charge is 2.20. The van der Waals surface area contributed by atoms with Crippen molar-refractivity contribution in [1.82, 2.24) is 0 Å². The van der Waals surface area contributed by atoms with Crippen LogP contribution in [-0.2, 0) is 21.3 Å². The first-order chi connectivity index (χ1) is 11.0. The molecule has 2 aromatic rings. The second-order valence-corrected chi connectivity index (χ2v) is 7.08. The number of hydrogen-bond acceptors (Lipinski definition) is 3. The molecule has 0 saturated heterocycles. The van der Waals surface area contributed by atoms with Crippen molar-refractivity contribution < 1.29 is 13.7 Å². The topological polar surface area (TPSA) is 55.4 Å². The van der Waals surface area contributed by atoms with Crippen LogP contribution in [0.15, 0.2) is 48.5 Å². The van der Waals surface area contributed by atoms with E-state index in [1.807, 2.05) is 55.5 Å². The molecule has 4 nitrogen and oxygen atoms in total. The summed E-state index contributed by atoms with van der Waals surface area (Å²) in [7, 11) is 0.288. The van der Waals surface area contributed by atoms with Crippen LogP contribution in [0.1, 0.15) is 18.1 Å². The largest absolute Gasteiger partial charge is 0.497 e. The Morgan fingerprint density at radius 1 is 1.22 bits per heavy atom. The molecular formula is C18H21NO3S. The molecule has 0 bridgehead atoms. The third kappa shape index (κ3) is 4.66. The van der Waals surface area contributed by atoms with E-state index in [0.29, 0.717) is 5.75 Å². The fraction of sp³-hybridized carbons (Fsp3) is 0.278. The van der Waals surface area contributed by atoms with Crippen molar-refractivity contribution in [1.29, 1.82) is 0 Å². The highest BCUT2D eigenvalue weighted by Crippen LogP contribution is 2.17. The molecule has 0 aliphatic rings. The number of carbonyl (C=O) groups excluding carboxylic acids is 1. The van der Waals surface area contributed by atoms with Crippen molar-refractivity contribution >= 4 is 22.4 Å². The third-order valence-electron chi connectivity index (χ3n) is 3.61. The number of para-hydroxylation sites is 1. The van der Waals surface area contributed by atoms with Crippen LogP contribution in [0.4, 0.5) is 5.69 Å². The van der Waals surface area contributed by atoms with Gasteiger partial charge in [0.1, 0.15) is 11.0 Å². The first kappa shape index (κ1) is 17.2. The van der Waals surface area contributed by atoms with E-state index in [-0.39, 0.29) is 5.91 Å². The van der Waals surface area contributed by atoms with E-state index in [0.717, 1.165) is 22.6 Å². The average molecular weight is 331 g/mol. The number of anilines is 1. The molecule has 0 heterocycles. The van der Waals surface area contributed by atoms with Gasteiger partial charge < -0.3 is 10.1 Å². The van der Waals surface area contributed by atoms with Crippen molar-refractivity contribution in [2.24, 2.45) is 0 Å². The van der Waals surface area contributed by atoms with E-state index in [2.05, 4.69) is 5.32 Å². The van der Waals surface area contributed by atoms with Gasteiger partial charge in [0, 0.05) is 22.2 Å². The molecule has 0 radical (unpaired) electrons. The van der Waals surface area contributed by atoms with Gasteiger partial charge in [-0.05, 0) is 43.2 Å². The summed E-state index contributed by atoms with van der Waals surface area (Å²) in [5.41, 5.74) is 2.62. The van der Waals surface area contributed by atoms with Gasteiger partial charge in [0.05, 0.1) is 7.11 Å². The fourth-order valence-corrected chi connectivity index (χ4v) is 3.17. The SMILES string of the molecule is COc1cccc(C[S@@](=O)[C@H](C)C(=O)Nc2ccccc2C)c1. The van der Waals surface area contributed by atoms with Crippen molar-refractivity contribution in [2.75, 3.05) is 12.4 Å². The van der Waals surface area contributed by atoms with Gasteiger partial charge in [-0.15, -0.1) is 0 Å². The van der Waals surface area contributed by atoms with Gasteiger partial charge in [0.25, 0.3) is 0 Å². The number of benzene rings is 2. The number of carbonyl (C=O) groups is 1. The number of methoxy groups -OCH3 is 1. The van der Waals surface area contributed by atoms with Crippen LogP contribution < -0.4 is 10.1 Å². The molecule has 0 aliphatic carbocycles. The molecule has 23 heavy (non-hydrogen) atoms. The molecule has 0 spiro atoms. The van der Waals surface area contributed by atoms with E-state index in [1.54, 1.807) is 14.0 Å². The second kappa shape index (κ2) is 7.92. The molecular weight excluding hydrogens is 310 g/mol. The molecule has 0 saturated carbocycles. The number of ether oxygens (including phenoxy) is 1. The summed E-state index contributed by atoms with van der Waals surface area (Å²) in [5.74, 6) is 0.802. The lowest BCUT2D eigenvalue weighted by Gasteiger charge is -2.14. The summed E-state index contributed by atoms with van der Waals surface area (Å²) in [4.78, 5) is 12.3. The highest BCUT2D eigenvalue weighted by atomic mass is 32.2. The van der Waals surface area contributed by atoms with E-state index >= 15 is 0 Å². The highest BCUT2D eigenvalue weighted by molar-refractivity contribution is 7.85. The summed E-state index contributed by atoms with van der Waals surface area (Å²) in [6.07, 6.45) is 0. The summed E-state index contributed by atoms with van der Waals surface area (Å²) in [6.45, 7) is 3.61. The number of rotatable bonds is 6. The number of hydrogen-bond donors (Lipinski definition) is 1. The molecule has 1 amide bonds. The predicted molar refractivity (Wildman–Crippen MR) is 94.1 cm³/mol. The number of nitrogens with one attached hydrogen (secondary N) is 1. The minimum atomic E-state index is -1.30. The lowest BCUT2D eigenvalue weighted by Crippen LogP contribution is -2.30. The van der Waals surface area contributed by atoms with E-state index < -0.39 is 16.0 Å². The summed E-state index contributed by atoms with van der Waals surface area (Å²) in [5, 5.41) is 2.25. The van der Waals surface area contributed by atoms with Crippen molar-refractivity contribution in [3.05, 3.63) is 59.7 Å². The Balaban J connectivity index is 2.01. The van der Waals surface area contributed by atoms with Crippen LogP contribution in [0.5, 0.6) is 5.75 Å². The van der Waals surface area contributed by atoms with Crippen molar-refractivity contribution in [3.63, 3.8) is 0 Å². The van der Waals surface area contributed by atoms with Crippen LogP contribution in [-0.4, -0.2) is 22.5 Å². The van der Waals surface area contributed by atoms with Gasteiger partial charge in [-0.25, -0.2) is 0 Å². The monoisotopic (exact) mass is 331 g/mol. The smallest absolute Gasteiger partial charge is 0.239 e. The van der Waals surface area contributed by atoms with Gasteiger partial charge in [0.2, 0.25) is 5.91 Å². The van der Waals surface area contributed by atoms with Crippen LogP contribution in [0.25, 0.3) is 0 Å². The van der Waals surface area contributed by atoms with Crippen molar-refractivity contribution in [3.8, 4) is 5.75 Å². The number of amides is 1. The predicted octanol–water partition coefficient (Wildman–Crippen LogP) is 3.28. The quantitative estimate of drug-likeness (QED) is 0.884. The molecule has 0 fully saturated rings. The standard InChI is InChI=1S/C18H21NO3S/c1-13-7-4-5-10-17(13)19-18(20)14(2)23(21)12-15-8-6-9-16(11-15)22-3/h4-11,14H,12H2,1-3H3,(H,19,20)/t14-,23-/m1/s1. The minimum Gasteiger partial charge on any atom is -0.497 e. The molecule has 1 N–H and O–H groups in total. The Bertz CT molecular complexity index is 715. The Labute approximate surface area is 139 Å². The van der Waals surface area contributed by atoms with Gasteiger partial charge in [-0.2, -0.15) is 0 Å². The van der Waals surface area contributed by atoms with Crippen LogP contribution in [0, 0.1) is 6.92 Å². The molecule has 0 unspecified atom stereocenters. The minimum absolute atomic E-state index is 0.236. The lowest BCUT2D eigenvalue weighted by molar-refractivity contribution is -0.115. The zero-order valence-corrected chi connectivity index (χ0v) is 14.4. The third-order valence-corrected chi connectivity index (χ3v) is 5.23. The number of aryl methyl sites for hydroxylation is 1. The molecule has 122 valence electrons. The summed E-state index contributed by atoms with van der Waals surface area (Å²) < 4.78 is 17.6. The first-order valence-electron chi connectivity index (χ1n) is 7.38. The molecule has 2 rings (SSSR count). The summed E-state index contributed by atoms with van der Waals surface area (Å²) in [6, 6.07) is 14.9. The average Bonchev–Trinajstić information content (AvgIpc) is 2.56. The normalized spacial score (nSPS) is 13.2. The Morgan fingerprint density at radius 3 is 2.65 bits per heavy atom. The molecule has 0 aliphatic heterocycles. The molecule has 2 atom stereocenters. The Morgan fingerprint density at radius 2 is 1.96 bits per heavy atom. The zero-order valence-electron chi connectivity index (χ0n) is 13.5. The van der Waals surface area contributed by atoms with E-state index in [4.69, 9.17) is 4.74 Å². The lowest BCUT2D eigenvalue weighted by atomic mass is 10.2. The van der Waals surface area contributed by atoms with Crippen LogP contribution >= 0.6 is 0 Å². The van der Waals surface area contributed by atoms with Crippen LogP contribution in [0.2, 0.25) is 0 Å². The maximum atomic E-state index is 12.4. The van der Waals surface area contributed by atoms with E-state index in [9.17, 15) is 9.00 Å². The molecule has 5 heteroatoms. The van der Waals surface area contributed by atoms with Crippen LogP contribution in [0.3, 0.4) is 0 Å². The molecule has 2 aromatic carbocycles. The Hall–Kier alpha value is -2.14. The maximum absolute atomic E-state index is 12.4. The fourth-order valence-electron chi connectivity index (χ4n) is 2.12. The molecule has 0 aromatic heterocycles. The summed E-state index contributed by atoms with van der Waals surface area (Å²) >= 11 is 0. The second-order valence-electron chi connectivity index (χ2n) is 5.32. The van der Waals surface area contributed by atoms with E-state index in [1.165, 1.54) is 0 Å². The van der Waals surface area contributed by atoms with Gasteiger partial charge >= 0.3 is 0 Å². The van der Waals surface area contributed by atoms with Gasteiger partial charge in [0.15, 0.2) is 0 Å². The van der Waals surface area contributed by atoms with Gasteiger partial charge in [-0.3, -0.25) is 9.00 Å². The van der Waals surface area contributed by atoms with Crippen molar-refractivity contribution in [2.45, 2.75) is 24.9 Å². The first-order valence-corrected chi connectivity index (χ1v) is 8.76. The maximum Gasteiger partial charge on any atom is 0.239 e.